The van der Waals surface area contributed by atoms with Gasteiger partial charge in [-0.2, -0.15) is 0 Å². The molecule has 0 aliphatic heterocycles. The van der Waals surface area contributed by atoms with Gasteiger partial charge in [-0.25, -0.2) is 4.98 Å². The van der Waals surface area contributed by atoms with Crippen LogP contribution in [0.3, 0.4) is 0 Å². The first-order valence-corrected chi connectivity index (χ1v) is 10.2. The molecule has 0 atom stereocenters. The van der Waals surface area contributed by atoms with E-state index in [2.05, 4.69) is 11.1 Å². The molecule has 0 unspecified atom stereocenters. The highest BCUT2D eigenvalue weighted by atomic mass is 16.5. The summed E-state index contributed by atoms with van der Waals surface area (Å²) in [6.07, 6.45) is 2.45. The molecule has 158 valence electrons. The zero-order valence-corrected chi connectivity index (χ0v) is 18.1. The number of rotatable bonds is 9. The van der Waals surface area contributed by atoms with E-state index in [0.29, 0.717) is 12.5 Å². The van der Waals surface area contributed by atoms with Crippen molar-refractivity contribution in [1.29, 1.82) is 0 Å². The predicted octanol–water partition coefficient (Wildman–Crippen LogP) is 5.66. The highest BCUT2D eigenvalue weighted by molar-refractivity contribution is 5.96. The molecule has 5 heteroatoms. The number of hydrogen-bond donors (Lipinski definition) is 0. The van der Waals surface area contributed by atoms with Crippen LogP contribution in [0, 0.1) is 5.41 Å². The van der Waals surface area contributed by atoms with Gasteiger partial charge in [0.2, 0.25) is 5.88 Å². The molecule has 3 aromatic rings. The number of nitrogens with zero attached hydrogens (tertiary/aromatic N) is 1. The molecule has 1 heterocycles. The Balaban J connectivity index is 1.75. The SMILES string of the molecule is COC(=O)C(C)(C)CCCCOc1cc(-c2ccccc2OC)c2ccccc2n1. The van der Waals surface area contributed by atoms with Gasteiger partial charge in [0, 0.05) is 22.6 Å². The maximum absolute atomic E-state index is 11.8. The van der Waals surface area contributed by atoms with Crippen LogP contribution in [0.4, 0.5) is 0 Å². The van der Waals surface area contributed by atoms with Gasteiger partial charge in [-0.05, 0) is 45.2 Å². The molecule has 0 N–H and O–H groups in total. The summed E-state index contributed by atoms with van der Waals surface area (Å²) in [5, 5.41) is 1.05. The van der Waals surface area contributed by atoms with Gasteiger partial charge in [-0.3, -0.25) is 4.79 Å². The Morgan fingerprint density at radius 3 is 2.47 bits per heavy atom. The van der Waals surface area contributed by atoms with Gasteiger partial charge < -0.3 is 14.2 Å². The van der Waals surface area contributed by atoms with Crippen LogP contribution in [0.25, 0.3) is 22.0 Å². The van der Waals surface area contributed by atoms with Crippen LogP contribution in [-0.4, -0.2) is 31.8 Å². The second kappa shape index (κ2) is 9.61. The van der Waals surface area contributed by atoms with E-state index in [4.69, 9.17) is 14.2 Å². The molecule has 2 aromatic carbocycles. The van der Waals surface area contributed by atoms with Gasteiger partial charge >= 0.3 is 5.97 Å². The fraction of sp³-hybridized carbons (Fsp3) is 0.360. The Hall–Kier alpha value is -3.08. The number of carbonyl (C=O) groups is 1. The van der Waals surface area contributed by atoms with Crippen molar-refractivity contribution < 1.29 is 19.0 Å². The maximum atomic E-state index is 11.8. The van der Waals surface area contributed by atoms with Crippen LogP contribution in [-0.2, 0) is 9.53 Å². The van der Waals surface area contributed by atoms with Crippen LogP contribution in [0.1, 0.15) is 33.1 Å². The number of methoxy groups -OCH3 is 2. The van der Waals surface area contributed by atoms with Crippen LogP contribution < -0.4 is 9.47 Å². The summed E-state index contributed by atoms with van der Waals surface area (Å²) in [6, 6.07) is 17.9. The predicted molar refractivity (Wildman–Crippen MR) is 119 cm³/mol. The highest BCUT2D eigenvalue weighted by Gasteiger charge is 2.27. The summed E-state index contributed by atoms with van der Waals surface area (Å²) in [4.78, 5) is 16.5. The van der Waals surface area contributed by atoms with E-state index in [0.717, 1.165) is 47.0 Å². The Bertz CT molecular complexity index is 1010. The van der Waals surface area contributed by atoms with Crippen LogP contribution in [0.15, 0.2) is 54.6 Å². The van der Waals surface area contributed by atoms with Crippen LogP contribution in [0.5, 0.6) is 11.6 Å². The van der Waals surface area contributed by atoms with E-state index in [1.54, 1.807) is 7.11 Å². The summed E-state index contributed by atoms with van der Waals surface area (Å²) in [6.45, 7) is 4.35. The minimum absolute atomic E-state index is 0.180. The molecule has 0 aliphatic rings. The molecule has 0 radical (unpaired) electrons. The first-order chi connectivity index (χ1) is 14.5. The Labute approximate surface area is 178 Å². The van der Waals surface area contributed by atoms with Crippen molar-refractivity contribution in [3.63, 3.8) is 0 Å². The van der Waals surface area contributed by atoms with Gasteiger partial charge in [0.1, 0.15) is 5.75 Å². The Morgan fingerprint density at radius 1 is 0.967 bits per heavy atom. The topological polar surface area (TPSA) is 57.7 Å². The highest BCUT2D eigenvalue weighted by Crippen LogP contribution is 2.36. The normalized spacial score (nSPS) is 11.3. The van der Waals surface area contributed by atoms with E-state index in [9.17, 15) is 4.79 Å². The fourth-order valence-electron chi connectivity index (χ4n) is 3.54. The minimum atomic E-state index is -0.479. The molecule has 5 nitrogen and oxygen atoms in total. The van der Waals surface area contributed by atoms with Gasteiger partial charge in [0.15, 0.2) is 0 Å². The van der Waals surface area contributed by atoms with Crippen molar-refractivity contribution in [2.24, 2.45) is 5.41 Å². The Kier molecular flexibility index (Phi) is 6.93. The molecule has 1 aromatic heterocycles. The molecule has 30 heavy (non-hydrogen) atoms. The zero-order valence-electron chi connectivity index (χ0n) is 18.1. The third-order valence-corrected chi connectivity index (χ3v) is 5.27. The standard InChI is InChI=1S/C25H29NO4/c1-25(2,24(27)29-4)15-9-10-16-30-23-17-20(18-11-5-7-13-21(18)26-23)19-12-6-8-14-22(19)28-3/h5-8,11-14,17H,9-10,15-16H2,1-4H3. The maximum Gasteiger partial charge on any atom is 0.311 e. The number of carbonyl (C=O) groups excluding carboxylic acids is 1. The van der Waals surface area contributed by atoms with Gasteiger partial charge in [-0.15, -0.1) is 0 Å². The first-order valence-electron chi connectivity index (χ1n) is 10.2. The van der Waals surface area contributed by atoms with E-state index < -0.39 is 5.41 Å². The molecular formula is C25H29NO4. The largest absolute Gasteiger partial charge is 0.496 e. The van der Waals surface area contributed by atoms with Crippen molar-refractivity contribution in [3.05, 3.63) is 54.6 Å². The number of aromatic nitrogens is 1. The monoisotopic (exact) mass is 407 g/mol. The van der Waals surface area contributed by atoms with Crippen molar-refractivity contribution in [3.8, 4) is 22.8 Å². The van der Waals surface area contributed by atoms with Crippen molar-refractivity contribution >= 4 is 16.9 Å². The summed E-state index contributed by atoms with van der Waals surface area (Å²) < 4.78 is 16.4. The van der Waals surface area contributed by atoms with Crippen molar-refractivity contribution in [2.75, 3.05) is 20.8 Å². The van der Waals surface area contributed by atoms with E-state index in [1.807, 2.05) is 62.4 Å². The van der Waals surface area contributed by atoms with Crippen molar-refractivity contribution in [1.82, 2.24) is 4.98 Å². The van der Waals surface area contributed by atoms with Gasteiger partial charge in [0.25, 0.3) is 0 Å². The molecule has 0 aliphatic carbocycles. The second-order valence-electron chi connectivity index (χ2n) is 7.91. The molecule has 0 amide bonds. The van der Waals surface area contributed by atoms with E-state index in [1.165, 1.54) is 7.11 Å². The van der Waals surface area contributed by atoms with Crippen LogP contribution >= 0.6 is 0 Å². The quantitative estimate of drug-likeness (QED) is 0.338. The minimum Gasteiger partial charge on any atom is -0.496 e. The first kappa shape index (κ1) is 21.6. The Morgan fingerprint density at radius 2 is 1.70 bits per heavy atom. The molecule has 0 bridgehead atoms. The zero-order chi connectivity index (χ0) is 21.6. The van der Waals surface area contributed by atoms with Gasteiger partial charge in [-0.1, -0.05) is 36.4 Å². The summed E-state index contributed by atoms with van der Waals surface area (Å²) >= 11 is 0. The lowest BCUT2D eigenvalue weighted by Crippen LogP contribution is -2.25. The number of pyridine rings is 1. The van der Waals surface area contributed by atoms with Crippen LogP contribution in [0.2, 0.25) is 0 Å². The number of ether oxygens (including phenoxy) is 3. The summed E-state index contributed by atoms with van der Waals surface area (Å²) in [5.74, 6) is 1.22. The molecule has 0 spiro atoms. The number of benzene rings is 2. The van der Waals surface area contributed by atoms with Gasteiger partial charge in [0.05, 0.1) is 31.8 Å². The van der Waals surface area contributed by atoms with Crippen molar-refractivity contribution in [2.45, 2.75) is 33.1 Å². The summed E-state index contributed by atoms with van der Waals surface area (Å²) in [7, 11) is 3.10. The average molecular weight is 408 g/mol. The molecule has 3 rings (SSSR count). The summed E-state index contributed by atoms with van der Waals surface area (Å²) in [5.41, 5.74) is 2.43. The number of para-hydroxylation sites is 2. The second-order valence-corrected chi connectivity index (χ2v) is 7.91. The van der Waals surface area contributed by atoms with E-state index in [-0.39, 0.29) is 5.97 Å². The molecular weight excluding hydrogens is 378 g/mol. The lowest BCUT2D eigenvalue weighted by atomic mass is 9.87. The third-order valence-electron chi connectivity index (χ3n) is 5.27. The number of fused-ring (bicyclic) bond motifs is 1. The number of hydrogen-bond acceptors (Lipinski definition) is 5. The smallest absolute Gasteiger partial charge is 0.311 e. The molecule has 0 saturated heterocycles. The fourth-order valence-corrected chi connectivity index (χ4v) is 3.54. The molecule has 0 saturated carbocycles. The van der Waals surface area contributed by atoms with E-state index >= 15 is 0 Å². The number of unbranched alkanes of at least 4 members (excludes halogenated alkanes) is 1. The third kappa shape index (κ3) is 4.90. The molecule has 0 fully saturated rings. The average Bonchev–Trinajstić information content (AvgIpc) is 2.77. The lowest BCUT2D eigenvalue weighted by Gasteiger charge is -2.21. The number of esters is 1. The lowest BCUT2D eigenvalue weighted by molar-refractivity contribution is -0.151.